The van der Waals surface area contributed by atoms with Crippen molar-refractivity contribution in [2.24, 2.45) is 22.1 Å². The minimum Gasteiger partial charge on any atom is -0.490 e. The van der Waals surface area contributed by atoms with E-state index in [4.69, 9.17) is 25.6 Å². The SMILES string of the molecule is CC1(C(=O)N2CCC(Oc3cccc(-c4onc5ccc(/C(N)=N/N)cc45)c3)CC2)COC1. The smallest absolute Gasteiger partial charge is 0.233 e. The lowest BCUT2D eigenvalue weighted by Crippen LogP contribution is -2.55. The highest BCUT2D eigenvalue weighted by atomic mass is 16.5. The molecular weight excluding hydrogens is 422 g/mol. The van der Waals surface area contributed by atoms with Crippen molar-refractivity contribution in [2.45, 2.75) is 25.9 Å². The second-order valence-corrected chi connectivity index (χ2v) is 8.95. The van der Waals surface area contributed by atoms with Crippen LogP contribution in [0.25, 0.3) is 22.2 Å². The normalized spacial score (nSPS) is 18.8. The topological polar surface area (TPSA) is 129 Å². The number of nitrogens with two attached hydrogens (primary N) is 2. The highest BCUT2D eigenvalue weighted by Gasteiger charge is 2.44. The van der Waals surface area contributed by atoms with E-state index in [2.05, 4.69) is 10.3 Å². The number of rotatable bonds is 5. The van der Waals surface area contributed by atoms with Gasteiger partial charge in [-0.1, -0.05) is 17.3 Å². The largest absolute Gasteiger partial charge is 0.490 e. The Hall–Kier alpha value is -3.59. The van der Waals surface area contributed by atoms with Crippen LogP contribution in [0.1, 0.15) is 25.3 Å². The first-order valence-electron chi connectivity index (χ1n) is 11.0. The van der Waals surface area contributed by atoms with E-state index in [9.17, 15) is 4.79 Å². The Morgan fingerprint density at radius 1 is 1.21 bits per heavy atom. The van der Waals surface area contributed by atoms with Crippen molar-refractivity contribution < 1.29 is 18.8 Å². The van der Waals surface area contributed by atoms with E-state index in [0.29, 0.717) is 43.1 Å². The molecule has 2 aliphatic heterocycles. The summed E-state index contributed by atoms with van der Waals surface area (Å²) in [7, 11) is 0. The molecule has 4 N–H and O–H groups in total. The number of hydrazone groups is 1. The fourth-order valence-electron chi connectivity index (χ4n) is 4.38. The second-order valence-electron chi connectivity index (χ2n) is 8.95. The molecule has 3 aromatic rings. The molecule has 0 radical (unpaired) electrons. The molecule has 2 aliphatic rings. The minimum absolute atomic E-state index is 0.0494. The number of ether oxygens (including phenoxy) is 2. The van der Waals surface area contributed by atoms with Gasteiger partial charge in [0.25, 0.3) is 0 Å². The third-order valence-electron chi connectivity index (χ3n) is 6.40. The molecule has 172 valence electrons. The number of benzene rings is 2. The van der Waals surface area contributed by atoms with Crippen LogP contribution in [0, 0.1) is 5.41 Å². The first-order chi connectivity index (χ1) is 16.0. The van der Waals surface area contributed by atoms with Crippen LogP contribution in [0.5, 0.6) is 5.75 Å². The molecule has 1 aromatic heterocycles. The maximum atomic E-state index is 12.7. The molecule has 9 nitrogen and oxygen atoms in total. The number of hydrogen-bond acceptors (Lipinski definition) is 7. The average Bonchev–Trinajstić information content (AvgIpc) is 3.25. The van der Waals surface area contributed by atoms with E-state index in [0.717, 1.165) is 29.5 Å². The number of aromatic nitrogens is 1. The van der Waals surface area contributed by atoms with Crippen LogP contribution in [0.4, 0.5) is 0 Å². The lowest BCUT2D eigenvalue weighted by Gasteiger charge is -2.42. The van der Waals surface area contributed by atoms with Crippen molar-refractivity contribution in [3.8, 4) is 17.1 Å². The molecule has 0 spiro atoms. The van der Waals surface area contributed by atoms with Crippen molar-refractivity contribution in [1.29, 1.82) is 0 Å². The Kier molecular flexibility index (Phi) is 5.41. The summed E-state index contributed by atoms with van der Waals surface area (Å²) in [4.78, 5) is 14.6. The summed E-state index contributed by atoms with van der Waals surface area (Å²) < 4.78 is 17.1. The van der Waals surface area contributed by atoms with Gasteiger partial charge in [0.1, 0.15) is 23.2 Å². The van der Waals surface area contributed by atoms with Crippen LogP contribution in [0.3, 0.4) is 0 Å². The quantitative estimate of drug-likeness (QED) is 0.265. The maximum absolute atomic E-state index is 12.7. The van der Waals surface area contributed by atoms with Gasteiger partial charge in [-0.25, -0.2) is 0 Å². The molecular formula is C24H27N5O4. The predicted octanol–water partition coefficient (Wildman–Crippen LogP) is 2.48. The first kappa shape index (κ1) is 21.3. The Bertz CT molecular complexity index is 1210. The molecule has 3 heterocycles. The lowest BCUT2D eigenvalue weighted by molar-refractivity contribution is -0.170. The van der Waals surface area contributed by atoms with Crippen LogP contribution >= 0.6 is 0 Å². The number of amides is 1. The van der Waals surface area contributed by atoms with Crippen LogP contribution in [0.15, 0.2) is 52.1 Å². The predicted molar refractivity (Wildman–Crippen MR) is 124 cm³/mol. The third kappa shape index (κ3) is 4.00. The fraction of sp³-hybridized carbons (Fsp3) is 0.375. The fourth-order valence-corrected chi connectivity index (χ4v) is 4.38. The number of carbonyl (C=O) groups excluding carboxylic acids is 1. The van der Waals surface area contributed by atoms with Crippen molar-refractivity contribution in [2.75, 3.05) is 26.3 Å². The zero-order chi connectivity index (χ0) is 23.0. The van der Waals surface area contributed by atoms with Gasteiger partial charge in [-0.2, -0.15) is 5.10 Å². The Labute approximate surface area is 191 Å². The molecule has 0 saturated carbocycles. The average molecular weight is 450 g/mol. The van der Waals surface area contributed by atoms with Gasteiger partial charge in [0.05, 0.1) is 24.0 Å². The van der Waals surface area contributed by atoms with Crippen molar-refractivity contribution in [3.63, 3.8) is 0 Å². The number of hydrogen-bond donors (Lipinski definition) is 2. The molecule has 0 bridgehead atoms. The zero-order valence-electron chi connectivity index (χ0n) is 18.5. The second kappa shape index (κ2) is 8.40. The Morgan fingerprint density at radius 2 is 2.00 bits per heavy atom. The minimum atomic E-state index is -0.359. The summed E-state index contributed by atoms with van der Waals surface area (Å²) >= 11 is 0. The van der Waals surface area contributed by atoms with Gasteiger partial charge >= 0.3 is 0 Å². The molecule has 2 aromatic carbocycles. The van der Waals surface area contributed by atoms with E-state index < -0.39 is 0 Å². The number of carbonyl (C=O) groups is 1. The van der Waals surface area contributed by atoms with Gasteiger partial charge in [-0.3, -0.25) is 4.79 Å². The third-order valence-corrected chi connectivity index (χ3v) is 6.40. The van der Waals surface area contributed by atoms with Crippen molar-refractivity contribution in [3.05, 3.63) is 48.0 Å². The van der Waals surface area contributed by atoms with Crippen LogP contribution in [-0.2, 0) is 9.53 Å². The van der Waals surface area contributed by atoms with Gasteiger partial charge in [0, 0.05) is 37.1 Å². The number of likely N-dealkylation sites (tertiary alicyclic amines) is 1. The Balaban J connectivity index is 1.29. The highest BCUT2D eigenvalue weighted by molar-refractivity contribution is 6.02. The van der Waals surface area contributed by atoms with E-state index in [1.54, 1.807) is 6.07 Å². The first-order valence-corrected chi connectivity index (χ1v) is 11.0. The van der Waals surface area contributed by atoms with Gasteiger partial charge < -0.3 is 30.5 Å². The van der Waals surface area contributed by atoms with E-state index in [-0.39, 0.29) is 23.3 Å². The summed E-state index contributed by atoms with van der Waals surface area (Å²) in [5.74, 6) is 7.12. The van der Waals surface area contributed by atoms with Crippen LogP contribution in [0.2, 0.25) is 0 Å². The molecule has 0 unspecified atom stereocenters. The molecule has 1 amide bonds. The van der Waals surface area contributed by atoms with E-state index >= 15 is 0 Å². The summed E-state index contributed by atoms with van der Waals surface area (Å²) in [6.45, 7) is 4.38. The van der Waals surface area contributed by atoms with E-state index in [1.165, 1.54) is 0 Å². The monoisotopic (exact) mass is 449 g/mol. The molecule has 33 heavy (non-hydrogen) atoms. The summed E-state index contributed by atoms with van der Waals surface area (Å²) in [6.07, 6.45) is 1.63. The van der Waals surface area contributed by atoms with Gasteiger partial charge in [0.15, 0.2) is 5.76 Å². The van der Waals surface area contributed by atoms with Gasteiger partial charge in [-0.15, -0.1) is 0 Å². The van der Waals surface area contributed by atoms with Crippen LogP contribution < -0.4 is 16.3 Å². The molecule has 2 fully saturated rings. The van der Waals surface area contributed by atoms with E-state index in [1.807, 2.05) is 48.2 Å². The van der Waals surface area contributed by atoms with Crippen molar-refractivity contribution in [1.82, 2.24) is 10.1 Å². The summed E-state index contributed by atoms with van der Waals surface area (Å²) in [5, 5.41) is 8.53. The highest BCUT2D eigenvalue weighted by Crippen LogP contribution is 2.33. The van der Waals surface area contributed by atoms with Gasteiger partial charge in [0.2, 0.25) is 5.91 Å². The molecule has 0 aliphatic carbocycles. The van der Waals surface area contributed by atoms with Crippen LogP contribution in [-0.4, -0.2) is 54.2 Å². The zero-order valence-corrected chi connectivity index (χ0v) is 18.5. The number of fused-ring (bicyclic) bond motifs is 1. The molecule has 9 heteroatoms. The standard InChI is InChI=1S/C24H27N5O4/c1-24(13-31-14-24)23(30)29-9-7-17(8-10-29)32-18-4-2-3-15(11-18)21-19-12-16(22(25)27-26)5-6-20(19)28-33-21/h2-6,11-12,17H,7-10,13-14,26H2,1H3,(H2,25,27). The molecule has 5 rings (SSSR count). The number of nitrogens with zero attached hydrogens (tertiary/aromatic N) is 3. The Morgan fingerprint density at radius 3 is 2.70 bits per heavy atom. The summed E-state index contributed by atoms with van der Waals surface area (Å²) in [6, 6.07) is 13.2. The maximum Gasteiger partial charge on any atom is 0.233 e. The number of piperidine rings is 1. The molecule has 0 atom stereocenters. The lowest BCUT2D eigenvalue weighted by atomic mass is 9.86. The van der Waals surface area contributed by atoms with Gasteiger partial charge in [-0.05, 0) is 37.3 Å². The summed E-state index contributed by atoms with van der Waals surface area (Å²) in [5.41, 5.74) is 7.76. The number of amidine groups is 1. The molecule has 2 saturated heterocycles. The van der Waals surface area contributed by atoms with Crippen molar-refractivity contribution >= 4 is 22.6 Å².